The Labute approximate surface area is 123 Å². The molecule has 1 fully saturated rings. The SMILES string of the molecule is CCCC1(OC)CCCC[Si]1(OC)OC.c1c[nH]cn1. The zero-order valence-electron chi connectivity index (χ0n) is 13.1. The Morgan fingerprint density at radius 3 is 2.40 bits per heavy atom. The van der Waals surface area contributed by atoms with Gasteiger partial charge in [-0.2, -0.15) is 0 Å². The minimum absolute atomic E-state index is 0.122. The molecule has 0 saturated carbocycles. The molecule has 0 spiro atoms. The van der Waals surface area contributed by atoms with E-state index in [0.717, 1.165) is 25.3 Å². The first-order valence-electron chi connectivity index (χ1n) is 7.28. The van der Waals surface area contributed by atoms with Gasteiger partial charge >= 0.3 is 8.56 Å². The molecule has 0 radical (unpaired) electrons. The summed E-state index contributed by atoms with van der Waals surface area (Å²) < 4.78 is 17.4. The average Bonchev–Trinajstić information content (AvgIpc) is 3.07. The van der Waals surface area contributed by atoms with Crippen molar-refractivity contribution in [1.29, 1.82) is 0 Å². The molecular formula is C14H28N2O3Si. The standard InChI is InChI=1S/C11H24O3Si.C3H4N2/c1-5-8-11(12-2)9-6-7-10-15(11,13-3)14-4;1-2-5-3-4-1/h5-10H2,1-4H3;1-3H,(H,4,5). The van der Waals surface area contributed by atoms with E-state index in [1.54, 1.807) is 40.1 Å². The smallest absolute Gasteiger partial charge is 0.370 e. The minimum Gasteiger partial charge on any atom is -0.396 e. The summed E-state index contributed by atoms with van der Waals surface area (Å²) in [5.74, 6) is 0. The first-order chi connectivity index (χ1) is 9.70. The van der Waals surface area contributed by atoms with Gasteiger partial charge < -0.3 is 18.6 Å². The van der Waals surface area contributed by atoms with Gasteiger partial charge in [0.1, 0.15) is 5.22 Å². The van der Waals surface area contributed by atoms with Crippen LogP contribution in [0.1, 0.15) is 39.0 Å². The van der Waals surface area contributed by atoms with Crippen molar-refractivity contribution in [3.8, 4) is 0 Å². The van der Waals surface area contributed by atoms with Gasteiger partial charge in [0.15, 0.2) is 0 Å². The molecule has 1 aliphatic heterocycles. The Hall–Kier alpha value is -0.693. The van der Waals surface area contributed by atoms with Crippen LogP contribution in [0.3, 0.4) is 0 Å². The van der Waals surface area contributed by atoms with Crippen molar-refractivity contribution in [2.45, 2.75) is 50.3 Å². The molecule has 2 heterocycles. The first-order valence-corrected chi connectivity index (χ1v) is 9.31. The summed E-state index contributed by atoms with van der Waals surface area (Å²) in [5.41, 5.74) is 0. The van der Waals surface area contributed by atoms with Crippen LogP contribution in [0.15, 0.2) is 18.7 Å². The summed E-state index contributed by atoms with van der Waals surface area (Å²) in [4.78, 5) is 6.42. The van der Waals surface area contributed by atoms with Gasteiger partial charge in [0.05, 0.1) is 6.33 Å². The molecule has 1 aliphatic rings. The van der Waals surface area contributed by atoms with Crippen LogP contribution in [0, 0.1) is 0 Å². The lowest BCUT2D eigenvalue weighted by molar-refractivity contribution is -0.0149. The zero-order chi connectivity index (χ0) is 14.9. The molecule has 2 rings (SSSR count). The Morgan fingerprint density at radius 2 is 2.00 bits per heavy atom. The predicted octanol–water partition coefficient (Wildman–Crippen LogP) is 3.04. The molecule has 5 nitrogen and oxygen atoms in total. The molecule has 0 aromatic carbocycles. The molecule has 0 bridgehead atoms. The highest BCUT2D eigenvalue weighted by molar-refractivity contribution is 6.70. The van der Waals surface area contributed by atoms with E-state index in [9.17, 15) is 0 Å². The van der Waals surface area contributed by atoms with Gasteiger partial charge in [-0.1, -0.05) is 26.2 Å². The molecule has 20 heavy (non-hydrogen) atoms. The van der Waals surface area contributed by atoms with Crippen LogP contribution in [0.5, 0.6) is 0 Å². The Morgan fingerprint density at radius 1 is 1.25 bits per heavy atom. The molecule has 0 amide bonds. The van der Waals surface area contributed by atoms with Crippen molar-refractivity contribution in [1.82, 2.24) is 9.97 Å². The number of hydrogen-bond donors (Lipinski definition) is 1. The highest BCUT2D eigenvalue weighted by Crippen LogP contribution is 2.42. The predicted molar refractivity (Wildman–Crippen MR) is 81.7 cm³/mol. The van der Waals surface area contributed by atoms with E-state index in [1.165, 1.54) is 12.8 Å². The zero-order valence-corrected chi connectivity index (χ0v) is 14.1. The third-order valence-electron chi connectivity index (χ3n) is 4.14. The van der Waals surface area contributed by atoms with Crippen molar-refractivity contribution >= 4 is 8.56 Å². The van der Waals surface area contributed by atoms with Crippen LogP contribution in [0.4, 0.5) is 0 Å². The average molecular weight is 300 g/mol. The van der Waals surface area contributed by atoms with Crippen LogP contribution in [-0.4, -0.2) is 45.1 Å². The monoisotopic (exact) mass is 300 g/mol. The summed E-state index contributed by atoms with van der Waals surface area (Å²) in [7, 11) is 3.22. The van der Waals surface area contributed by atoms with Crippen molar-refractivity contribution in [3.05, 3.63) is 18.7 Å². The van der Waals surface area contributed by atoms with Gasteiger partial charge in [-0.3, -0.25) is 0 Å². The Kier molecular flexibility index (Phi) is 7.43. The summed E-state index contributed by atoms with van der Waals surface area (Å²) >= 11 is 0. The molecule has 116 valence electrons. The van der Waals surface area contributed by atoms with Gasteiger partial charge in [-0.05, 0) is 18.9 Å². The van der Waals surface area contributed by atoms with E-state index >= 15 is 0 Å². The fourth-order valence-electron chi connectivity index (χ4n) is 3.14. The second-order valence-corrected chi connectivity index (χ2v) is 8.81. The maximum atomic E-state index is 5.83. The number of nitrogens with one attached hydrogen (secondary N) is 1. The van der Waals surface area contributed by atoms with Gasteiger partial charge in [-0.25, -0.2) is 4.98 Å². The summed E-state index contributed by atoms with van der Waals surface area (Å²) in [5, 5.41) is -0.122. The third kappa shape index (κ3) is 3.69. The second-order valence-electron chi connectivity index (χ2n) is 5.08. The van der Waals surface area contributed by atoms with E-state index in [0.29, 0.717) is 0 Å². The lowest BCUT2D eigenvalue weighted by Gasteiger charge is -2.47. The third-order valence-corrected chi connectivity index (χ3v) is 8.56. The molecule has 1 aromatic rings. The van der Waals surface area contributed by atoms with Gasteiger partial charge in [0, 0.05) is 33.7 Å². The molecule has 1 saturated heterocycles. The Balaban J connectivity index is 0.000000333. The van der Waals surface area contributed by atoms with Crippen molar-refractivity contribution in [2.24, 2.45) is 0 Å². The Bertz CT molecular complexity index is 323. The summed E-state index contributed by atoms with van der Waals surface area (Å²) in [6, 6.07) is 1.06. The number of methoxy groups -OCH3 is 1. The van der Waals surface area contributed by atoms with Crippen molar-refractivity contribution in [3.63, 3.8) is 0 Å². The fourth-order valence-corrected chi connectivity index (χ4v) is 7.13. The molecule has 1 aromatic heterocycles. The molecule has 1 atom stereocenters. The van der Waals surface area contributed by atoms with Crippen molar-refractivity contribution in [2.75, 3.05) is 21.3 Å². The number of hydrogen-bond acceptors (Lipinski definition) is 4. The van der Waals surface area contributed by atoms with E-state index in [2.05, 4.69) is 16.9 Å². The minimum atomic E-state index is -2.15. The highest BCUT2D eigenvalue weighted by Gasteiger charge is 2.58. The summed E-state index contributed by atoms with van der Waals surface area (Å²) in [6.45, 7) is 2.19. The normalized spacial score (nSPS) is 24.8. The van der Waals surface area contributed by atoms with E-state index in [4.69, 9.17) is 13.6 Å². The molecule has 0 aliphatic carbocycles. The maximum absolute atomic E-state index is 5.83. The van der Waals surface area contributed by atoms with Crippen LogP contribution in [0.25, 0.3) is 0 Å². The largest absolute Gasteiger partial charge is 0.396 e. The first kappa shape index (κ1) is 17.4. The van der Waals surface area contributed by atoms with E-state index < -0.39 is 8.56 Å². The van der Waals surface area contributed by atoms with Crippen LogP contribution >= 0.6 is 0 Å². The number of aromatic nitrogens is 2. The van der Waals surface area contributed by atoms with Gasteiger partial charge in [-0.15, -0.1) is 0 Å². The number of H-pyrrole nitrogens is 1. The molecule has 1 N–H and O–H groups in total. The van der Waals surface area contributed by atoms with Crippen LogP contribution < -0.4 is 0 Å². The van der Waals surface area contributed by atoms with Gasteiger partial charge in [0.2, 0.25) is 0 Å². The summed E-state index contributed by atoms with van der Waals surface area (Å²) in [6.07, 6.45) is 10.8. The van der Waals surface area contributed by atoms with E-state index in [-0.39, 0.29) is 5.22 Å². The lowest BCUT2D eigenvalue weighted by atomic mass is 10.1. The maximum Gasteiger partial charge on any atom is 0.370 e. The van der Waals surface area contributed by atoms with Crippen LogP contribution in [0.2, 0.25) is 6.04 Å². The molecule has 6 heteroatoms. The molecule has 1 unspecified atom stereocenters. The quantitative estimate of drug-likeness (QED) is 0.849. The highest BCUT2D eigenvalue weighted by atomic mass is 28.4. The number of rotatable bonds is 5. The number of ether oxygens (including phenoxy) is 1. The molecular weight excluding hydrogens is 272 g/mol. The topological polar surface area (TPSA) is 56.4 Å². The second kappa shape index (κ2) is 8.56. The lowest BCUT2D eigenvalue weighted by Crippen LogP contribution is -2.64. The van der Waals surface area contributed by atoms with Crippen LogP contribution in [-0.2, 0) is 13.6 Å². The van der Waals surface area contributed by atoms with Crippen molar-refractivity contribution < 1.29 is 13.6 Å². The number of aromatic amines is 1. The van der Waals surface area contributed by atoms with Gasteiger partial charge in [0.25, 0.3) is 0 Å². The fraction of sp³-hybridized carbons (Fsp3) is 0.786. The number of imidazole rings is 1. The number of nitrogens with zero attached hydrogens (tertiary/aromatic N) is 1. The van der Waals surface area contributed by atoms with E-state index in [1.807, 2.05) is 0 Å².